The molecule has 0 amide bonds. The van der Waals surface area contributed by atoms with Crippen molar-refractivity contribution in [3.63, 3.8) is 0 Å². The Hall–Kier alpha value is -0.850. The van der Waals surface area contributed by atoms with Gasteiger partial charge in [-0.25, -0.2) is 4.57 Å². The standard InChI is InChI=1S/C39H74N/c1-3-5-7-9-11-13-15-17-19-20-21-23-25-27-29-31-34-39-35-33-37-40(38-39)36-32-30-28-26-24-22-18-16-14-12-10-8-6-4-2/h33,35,37-38H,3-32,34,36H2,1-2H3/q+1. The molecule has 1 aromatic heterocycles. The summed E-state index contributed by atoms with van der Waals surface area (Å²) in [6, 6.07) is 4.61. The topological polar surface area (TPSA) is 3.88 Å². The molecule has 0 aliphatic rings. The van der Waals surface area contributed by atoms with Crippen molar-refractivity contribution in [2.45, 2.75) is 219 Å². The number of hydrogen-bond donors (Lipinski definition) is 0. The van der Waals surface area contributed by atoms with Crippen LogP contribution in [0.2, 0.25) is 0 Å². The number of aryl methyl sites for hydroxylation is 2. The summed E-state index contributed by atoms with van der Waals surface area (Å²) in [4.78, 5) is 0. The van der Waals surface area contributed by atoms with Gasteiger partial charge in [0.2, 0.25) is 0 Å². The van der Waals surface area contributed by atoms with Crippen LogP contribution in [0.1, 0.15) is 212 Å². The molecule has 0 aliphatic carbocycles. The van der Waals surface area contributed by atoms with E-state index in [9.17, 15) is 0 Å². The molecule has 0 aliphatic heterocycles. The molecule has 1 heteroatoms. The monoisotopic (exact) mass is 557 g/mol. The zero-order valence-corrected chi connectivity index (χ0v) is 27.9. The van der Waals surface area contributed by atoms with E-state index < -0.39 is 0 Å². The zero-order chi connectivity index (χ0) is 28.6. The molecule has 1 heterocycles. The molecule has 40 heavy (non-hydrogen) atoms. The van der Waals surface area contributed by atoms with Gasteiger partial charge in [-0.05, 0) is 25.3 Å². The highest BCUT2D eigenvalue weighted by Crippen LogP contribution is 2.15. The molecule has 0 atom stereocenters. The second kappa shape index (κ2) is 31.1. The number of hydrogen-bond acceptors (Lipinski definition) is 0. The summed E-state index contributed by atoms with van der Waals surface area (Å²) in [6.45, 7) is 5.81. The summed E-state index contributed by atoms with van der Waals surface area (Å²) in [5.74, 6) is 0. The lowest BCUT2D eigenvalue weighted by molar-refractivity contribution is -0.697. The van der Waals surface area contributed by atoms with Crippen molar-refractivity contribution in [2.24, 2.45) is 0 Å². The average molecular weight is 557 g/mol. The fourth-order valence-corrected chi connectivity index (χ4v) is 6.23. The van der Waals surface area contributed by atoms with Gasteiger partial charge in [0.15, 0.2) is 12.4 Å². The molecular formula is C39H74N+. The van der Waals surface area contributed by atoms with Crippen LogP contribution in [0, 0.1) is 0 Å². The maximum Gasteiger partial charge on any atom is 0.171 e. The minimum atomic E-state index is 1.20. The molecule has 1 rings (SSSR count). The van der Waals surface area contributed by atoms with Crippen molar-refractivity contribution in [1.82, 2.24) is 0 Å². The fraction of sp³-hybridized carbons (Fsp3) is 0.872. The van der Waals surface area contributed by atoms with Crippen molar-refractivity contribution in [3.8, 4) is 0 Å². The van der Waals surface area contributed by atoms with Crippen LogP contribution in [0.4, 0.5) is 0 Å². The van der Waals surface area contributed by atoms with Crippen molar-refractivity contribution >= 4 is 0 Å². The van der Waals surface area contributed by atoms with E-state index in [2.05, 4.69) is 42.9 Å². The molecule has 0 fully saturated rings. The molecule has 1 nitrogen and oxygen atoms in total. The van der Waals surface area contributed by atoms with Crippen LogP contribution < -0.4 is 4.57 Å². The molecular weight excluding hydrogens is 482 g/mol. The number of nitrogens with zero attached hydrogens (tertiary/aromatic N) is 1. The van der Waals surface area contributed by atoms with Crippen molar-refractivity contribution in [2.75, 3.05) is 0 Å². The number of unbranched alkanes of at least 4 members (excludes halogenated alkanes) is 28. The molecule has 0 bridgehead atoms. The predicted molar refractivity (Wildman–Crippen MR) is 180 cm³/mol. The molecule has 234 valence electrons. The summed E-state index contributed by atoms with van der Waals surface area (Å²) in [5, 5.41) is 0. The zero-order valence-electron chi connectivity index (χ0n) is 27.9. The minimum Gasteiger partial charge on any atom is -0.205 e. The first-order chi connectivity index (χ1) is 19.9. The fourth-order valence-electron chi connectivity index (χ4n) is 6.23. The molecule has 0 saturated carbocycles. The molecule has 0 radical (unpaired) electrons. The third kappa shape index (κ3) is 26.1. The van der Waals surface area contributed by atoms with Gasteiger partial charge in [0.05, 0.1) is 0 Å². The molecule has 0 unspecified atom stereocenters. The van der Waals surface area contributed by atoms with Gasteiger partial charge >= 0.3 is 0 Å². The Morgan fingerprint density at radius 1 is 0.400 bits per heavy atom. The Morgan fingerprint density at radius 2 is 0.725 bits per heavy atom. The van der Waals surface area contributed by atoms with Crippen molar-refractivity contribution in [1.29, 1.82) is 0 Å². The van der Waals surface area contributed by atoms with Gasteiger partial charge < -0.3 is 0 Å². The predicted octanol–water partition coefficient (Wildman–Crippen LogP) is 13.3. The van der Waals surface area contributed by atoms with E-state index in [1.165, 1.54) is 206 Å². The minimum absolute atomic E-state index is 1.20. The SMILES string of the molecule is CCCCCCCCCCCCCCCCCCc1ccc[n+](CCCCCCCCCCCCCCCC)c1. The summed E-state index contributed by atoms with van der Waals surface area (Å²) in [6.07, 6.45) is 49.3. The highest BCUT2D eigenvalue weighted by atomic mass is 14.9. The number of rotatable bonds is 32. The first kappa shape index (κ1) is 37.2. The molecule has 1 aromatic rings. The molecule has 0 saturated heterocycles. The molecule has 0 spiro atoms. The highest BCUT2D eigenvalue weighted by molar-refractivity contribution is 5.05. The summed E-state index contributed by atoms with van der Waals surface area (Å²) in [5.41, 5.74) is 1.54. The maximum absolute atomic E-state index is 2.45. The largest absolute Gasteiger partial charge is 0.205 e. The number of pyridine rings is 1. The lowest BCUT2D eigenvalue weighted by Gasteiger charge is -2.04. The van der Waals surface area contributed by atoms with Crippen LogP contribution in [0.5, 0.6) is 0 Å². The van der Waals surface area contributed by atoms with Gasteiger partial charge in [-0.1, -0.05) is 187 Å². The smallest absolute Gasteiger partial charge is 0.171 e. The van der Waals surface area contributed by atoms with Crippen LogP contribution in [0.3, 0.4) is 0 Å². The summed E-state index contributed by atoms with van der Waals surface area (Å²) >= 11 is 0. The third-order valence-electron chi connectivity index (χ3n) is 9.01. The van der Waals surface area contributed by atoms with Gasteiger partial charge in [0.25, 0.3) is 0 Å². The average Bonchev–Trinajstić information content (AvgIpc) is 2.97. The Morgan fingerprint density at radius 3 is 1.10 bits per heavy atom. The van der Waals surface area contributed by atoms with E-state index in [-0.39, 0.29) is 0 Å². The van der Waals surface area contributed by atoms with Crippen LogP contribution in [-0.2, 0) is 13.0 Å². The van der Waals surface area contributed by atoms with Gasteiger partial charge in [-0.15, -0.1) is 0 Å². The van der Waals surface area contributed by atoms with Crippen LogP contribution in [0.25, 0.3) is 0 Å². The van der Waals surface area contributed by atoms with E-state index in [1.807, 2.05) is 0 Å². The van der Waals surface area contributed by atoms with Crippen LogP contribution in [0.15, 0.2) is 24.5 Å². The third-order valence-corrected chi connectivity index (χ3v) is 9.01. The van der Waals surface area contributed by atoms with Gasteiger partial charge in [0.1, 0.15) is 6.54 Å². The lowest BCUT2D eigenvalue weighted by atomic mass is 10.0. The maximum atomic E-state index is 2.45. The van der Waals surface area contributed by atoms with Crippen molar-refractivity contribution in [3.05, 3.63) is 30.1 Å². The van der Waals surface area contributed by atoms with Gasteiger partial charge in [0, 0.05) is 18.1 Å². The Bertz CT molecular complexity index is 609. The van der Waals surface area contributed by atoms with E-state index in [0.29, 0.717) is 0 Å². The quantitative estimate of drug-likeness (QED) is 0.0613. The second-order valence-electron chi connectivity index (χ2n) is 13.1. The normalized spacial score (nSPS) is 11.4. The molecule has 0 aromatic carbocycles. The second-order valence-corrected chi connectivity index (χ2v) is 13.1. The van der Waals surface area contributed by atoms with E-state index in [4.69, 9.17) is 0 Å². The van der Waals surface area contributed by atoms with Crippen LogP contribution >= 0.6 is 0 Å². The first-order valence-electron chi connectivity index (χ1n) is 18.8. The Balaban J connectivity index is 1.86. The highest BCUT2D eigenvalue weighted by Gasteiger charge is 2.03. The Labute approximate surface area is 253 Å². The molecule has 0 N–H and O–H groups in total. The number of aromatic nitrogens is 1. The lowest BCUT2D eigenvalue weighted by Crippen LogP contribution is -2.33. The van der Waals surface area contributed by atoms with E-state index in [1.54, 1.807) is 5.56 Å². The Kier molecular flexibility index (Phi) is 28.9. The summed E-state index contributed by atoms with van der Waals surface area (Å²) in [7, 11) is 0. The van der Waals surface area contributed by atoms with Gasteiger partial charge in [-0.2, -0.15) is 0 Å². The van der Waals surface area contributed by atoms with Crippen LogP contribution in [-0.4, -0.2) is 0 Å². The first-order valence-corrected chi connectivity index (χ1v) is 18.8. The van der Waals surface area contributed by atoms with E-state index in [0.717, 1.165) is 0 Å². The van der Waals surface area contributed by atoms with Gasteiger partial charge in [-0.3, -0.25) is 0 Å². The van der Waals surface area contributed by atoms with E-state index >= 15 is 0 Å². The summed E-state index contributed by atoms with van der Waals surface area (Å²) < 4.78 is 2.45. The van der Waals surface area contributed by atoms with Crippen molar-refractivity contribution < 1.29 is 4.57 Å².